The SMILES string of the molecule is O=C(OCCOc1ccccc1)c1ccc(O)cc1. The van der Waals surface area contributed by atoms with Crippen LogP contribution in [-0.4, -0.2) is 24.3 Å². The summed E-state index contributed by atoms with van der Waals surface area (Å²) in [5.74, 6) is 0.420. The van der Waals surface area contributed by atoms with E-state index in [2.05, 4.69) is 0 Å². The Balaban J connectivity index is 1.74. The Bertz CT molecular complexity index is 520. The number of carbonyl (C=O) groups excluding carboxylic acids is 1. The lowest BCUT2D eigenvalue weighted by molar-refractivity contribution is 0.0450. The summed E-state index contributed by atoms with van der Waals surface area (Å²) in [5, 5.41) is 9.11. The van der Waals surface area contributed by atoms with Gasteiger partial charge in [-0.25, -0.2) is 4.79 Å². The average Bonchev–Trinajstić information content (AvgIpc) is 2.45. The van der Waals surface area contributed by atoms with Gasteiger partial charge in [0.1, 0.15) is 24.7 Å². The normalized spacial score (nSPS) is 9.89. The van der Waals surface area contributed by atoms with Gasteiger partial charge in [-0.1, -0.05) is 18.2 Å². The van der Waals surface area contributed by atoms with Gasteiger partial charge in [-0.2, -0.15) is 0 Å². The molecule has 0 saturated heterocycles. The minimum absolute atomic E-state index is 0.115. The highest BCUT2D eigenvalue weighted by molar-refractivity contribution is 5.89. The maximum Gasteiger partial charge on any atom is 0.338 e. The van der Waals surface area contributed by atoms with Gasteiger partial charge in [0.2, 0.25) is 0 Å². The number of ether oxygens (including phenoxy) is 2. The van der Waals surface area contributed by atoms with E-state index in [9.17, 15) is 4.79 Å². The zero-order valence-corrected chi connectivity index (χ0v) is 10.3. The molecular weight excluding hydrogens is 244 g/mol. The highest BCUT2D eigenvalue weighted by atomic mass is 16.6. The van der Waals surface area contributed by atoms with E-state index >= 15 is 0 Å². The van der Waals surface area contributed by atoms with Crippen LogP contribution < -0.4 is 4.74 Å². The second-order valence-corrected chi connectivity index (χ2v) is 3.84. The number of para-hydroxylation sites is 1. The molecule has 4 nitrogen and oxygen atoms in total. The van der Waals surface area contributed by atoms with Crippen LogP contribution in [0.15, 0.2) is 54.6 Å². The van der Waals surface area contributed by atoms with Crippen molar-refractivity contribution in [2.75, 3.05) is 13.2 Å². The molecule has 0 aromatic heterocycles. The predicted molar refractivity (Wildman–Crippen MR) is 70.3 cm³/mol. The van der Waals surface area contributed by atoms with Crippen molar-refractivity contribution in [2.45, 2.75) is 0 Å². The third-order valence-electron chi connectivity index (χ3n) is 2.43. The first-order valence-corrected chi connectivity index (χ1v) is 5.90. The highest BCUT2D eigenvalue weighted by Crippen LogP contribution is 2.11. The molecule has 0 aliphatic heterocycles. The van der Waals surface area contributed by atoms with Crippen molar-refractivity contribution < 1.29 is 19.4 Å². The fraction of sp³-hybridized carbons (Fsp3) is 0.133. The number of phenolic OH excluding ortho intramolecular Hbond substituents is 1. The van der Waals surface area contributed by atoms with E-state index in [0.717, 1.165) is 5.75 Å². The summed E-state index contributed by atoms with van der Waals surface area (Å²) < 4.78 is 10.4. The molecule has 0 heterocycles. The zero-order valence-electron chi connectivity index (χ0n) is 10.3. The summed E-state index contributed by atoms with van der Waals surface area (Å²) in [6.07, 6.45) is 0. The predicted octanol–water partition coefficient (Wildman–Crippen LogP) is 2.63. The minimum Gasteiger partial charge on any atom is -0.508 e. The summed E-state index contributed by atoms with van der Waals surface area (Å²) in [4.78, 5) is 11.6. The Morgan fingerprint density at radius 3 is 2.32 bits per heavy atom. The van der Waals surface area contributed by atoms with Crippen LogP contribution in [-0.2, 0) is 4.74 Å². The summed E-state index contributed by atoms with van der Waals surface area (Å²) in [5.41, 5.74) is 0.400. The van der Waals surface area contributed by atoms with Crippen LogP contribution in [0, 0.1) is 0 Å². The van der Waals surface area contributed by atoms with Crippen molar-refractivity contribution in [2.24, 2.45) is 0 Å². The largest absolute Gasteiger partial charge is 0.508 e. The summed E-state index contributed by atoms with van der Waals surface area (Å²) in [6, 6.07) is 15.2. The maximum atomic E-state index is 11.6. The van der Waals surface area contributed by atoms with Crippen LogP contribution in [0.4, 0.5) is 0 Å². The van der Waals surface area contributed by atoms with Crippen molar-refractivity contribution in [3.63, 3.8) is 0 Å². The van der Waals surface area contributed by atoms with Gasteiger partial charge in [-0.05, 0) is 36.4 Å². The molecule has 0 atom stereocenters. The third-order valence-corrected chi connectivity index (χ3v) is 2.43. The van der Waals surface area contributed by atoms with E-state index in [1.165, 1.54) is 24.3 Å². The zero-order chi connectivity index (χ0) is 13.5. The van der Waals surface area contributed by atoms with E-state index < -0.39 is 5.97 Å². The van der Waals surface area contributed by atoms with Crippen molar-refractivity contribution >= 4 is 5.97 Å². The Labute approximate surface area is 111 Å². The van der Waals surface area contributed by atoms with Crippen LogP contribution in [0.5, 0.6) is 11.5 Å². The molecule has 98 valence electrons. The lowest BCUT2D eigenvalue weighted by Crippen LogP contribution is -2.12. The Morgan fingerprint density at radius 2 is 1.63 bits per heavy atom. The van der Waals surface area contributed by atoms with Gasteiger partial charge < -0.3 is 14.6 Å². The molecule has 4 heteroatoms. The standard InChI is InChI=1S/C15H14O4/c16-13-8-6-12(7-9-13)15(17)19-11-10-18-14-4-2-1-3-5-14/h1-9,16H,10-11H2. The fourth-order valence-electron chi connectivity index (χ4n) is 1.49. The number of carbonyl (C=O) groups is 1. The molecule has 1 N–H and O–H groups in total. The number of esters is 1. The molecule has 19 heavy (non-hydrogen) atoms. The van der Waals surface area contributed by atoms with Gasteiger partial charge >= 0.3 is 5.97 Å². The molecule has 2 aromatic rings. The molecule has 0 saturated carbocycles. The molecule has 0 aliphatic rings. The molecule has 0 bridgehead atoms. The van der Waals surface area contributed by atoms with Crippen LogP contribution >= 0.6 is 0 Å². The van der Waals surface area contributed by atoms with E-state index in [1.54, 1.807) is 0 Å². The third kappa shape index (κ3) is 4.03. The van der Waals surface area contributed by atoms with Crippen LogP contribution in [0.2, 0.25) is 0 Å². The molecule has 0 fully saturated rings. The summed E-state index contributed by atoms with van der Waals surface area (Å²) in [7, 11) is 0. The van der Waals surface area contributed by atoms with Crippen LogP contribution in [0.3, 0.4) is 0 Å². The number of hydrogen-bond acceptors (Lipinski definition) is 4. The fourth-order valence-corrected chi connectivity index (χ4v) is 1.49. The van der Waals surface area contributed by atoms with Crippen LogP contribution in [0.25, 0.3) is 0 Å². The van der Waals surface area contributed by atoms with Crippen LogP contribution in [0.1, 0.15) is 10.4 Å². The molecule has 0 spiro atoms. The van der Waals surface area contributed by atoms with Gasteiger partial charge in [0, 0.05) is 0 Å². The molecule has 2 aromatic carbocycles. The number of rotatable bonds is 5. The summed E-state index contributed by atoms with van der Waals surface area (Å²) in [6.45, 7) is 0.475. The molecular formula is C15H14O4. The van der Waals surface area contributed by atoms with Gasteiger partial charge in [-0.3, -0.25) is 0 Å². The number of hydrogen-bond donors (Lipinski definition) is 1. The van der Waals surface area contributed by atoms with E-state index in [0.29, 0.717) is 12.2 Å². The highest BCUT2D eigenvalue weighted by Gasteiger charge is 2.06. The van der Waals surface area contributed by atoms with Gasteiger partial charge in [0.05, 0.1) is 5.56 Å². The smallest absolute Gasteiger partial charge is 0.338 e. The Hall–Kier alpha value is -2.49. The van der Waals surface area contributed by atoms with Gasteiger partial charge in [0.25, 0.3) is 0 Å². The van der Waals surface area contributed by atoms with Crippen molar-refractivity contribution in [3.05, 3.63) is 60.2 Å². The molecule has 0 amide bonds. The first-order valence-electron chi connectivity index (χ1n) is 5.90. The Morgan fingerprint density at radius 1 is 0.947 bits per heavy atom. The number of benzene rings is 2. The van der Waals surface area contributed by atoms with Crippen molar-refractivity contribution in [1.29, 1.82) is 0 Å². The second-order valence-electron chi connectivity index (χ2n) is 3.84. The van der Waals surface area contributed by atoms with Crippen molar-refractivity contribution in [1.82, 2.24) is 0 Å². The summed E-state index contributed by atoms with van der Waals surface area (Å²) >= 11 is 0. The molecule has 0 radical (unpaired) electrons. The molecule has 0 unspecified atom stereocenters. The lowest BCUT2D eigenvalue weighted by Gasteiger charge is -2.07. The first kappa shape index (κ1) is 13.0. The molecule has 0 aliphatic carbocycles. The van der Waals surface area contributed by atoms with Crippen molar-refractivity contribution in [3.8, 4) is 11.5 Å². The number of aromatic hydroxyl groups is 1. The monoisotopic (exact) mass is 258 g/mol. The second kappa shape index (κ2) is 6.44. The number of phenols is 1. The van der Waals surface area contributed by atoms with Gasteiger partial charge in [-0.15, -0.1) is 0 Å². The quantitative estimate of drug-likeness (QED) is 0.661. The average molecular weight is 258 g/mol. The van der Waals surface area contributed by atoms with E-state index in [1.807, 2.05) is 30.3 Å². The molecule has 2 rings (SSSR count). The minimum atomic E-state index is -0.434. The maximum absolute atomic E-state index is 11.6. The van der Waals surface area contributed by atoms with E-state index in [4.69, 9.17) is 14.6 Å². The first-order chi connectivity index (χ1) is 9.25. The van der Waals surface area contributed by atoms with E-state index in [-0.39, 0.29) is 12.4 Å². The topological polar surface area (TPSA) is 55.8 Å². The van der Waals surface area contributed by atoms with Gasteiger partial charge in [0.15, 0.2) is 0 Å². The lowest BCUT2D eigenvalue weighted by atomic mass is 10.2. The Kier molecular flexibility index (Phi) is 4.39.